The van der Waals surface area contributed by atoms with Crippen LogP contribution in [0.2, 0.25) is 0 Å². The topological polar surface area (TPSA) is 0 Å². The molecule has 0 unspecified atom stereocenters. The molecule has 0 heterocycles. The van der Waals surface area contributed by atoms with Crippen LogP contribution >= 0.6 is 15.9 Å². The van der Waals surface area contributed by atoms with Crippen molar-refractivity contribution in [2.45, 2.75) is 39.5 Å². The van der Waals surface area contributed by atoms with Gasteiger partial charge in [-0.05, 0) is 54.5 Å². The van der Waals surface area contributed by atoms with Crippen LogP contribution in [0.4, 0.5) is 0 Å². The normalized spacial score (nSPS) is 13.2. The summed E-state index contributed by atoms with van der Waals surface area (Å²) in [6.45, 7) is 4.48. The van der Waals surface area contributed by atoms with Crippen LogP contribution in [0.3, 0.4) is 0 Å². The summed E-state index contributed by atoms with van der Waals surface area (Å²) in [6.07, 6.45) is 7.05. The van der Waals surface area contributed by atoms with Gasteiger partial charge in [0.15, 0.2) is 0 Å². The summed E-state index contributed by atoms with van der Waals surface area (Å²) < 4.78 is 1.22. The van der Waals surface area contributed by atoms with Gasteiger partial charge in [-0.15, -0.1) is 0 Å². The van der Waals surface area contributed by atoms with E-state index >= 15 is 0 Å². The highest BCUT2D eigenvalue weighted by Gasteiger charge is 2.19. The van der Waals surface area contributed by atoms with E-state index in [1.54, 1.807) is 0 Å². The molecule has 0 aliphatic heterocycles. The van der Waals surface area contributed by atoms with Crippen molar-refractivity contribution in [1.82, 2.24) is 0 Å². The minimum absolute atomic E-state index is 1.08. The number of hydrogen-bond donors (Lipinski definition) is 0. The first kappa shape index (κ1) is 14.6. The van der Waals surface area contributed by atoms with Crippen LogP contribution in [-0.4, -0.2) is 0 Å². The largest absolute Gasteiger partial charge is 0.0683 e. The lowest BCUT2D eigenvalue weighted by Gasteiger charge is -2.15. The van der Waals surface area contributed by atoms with Crippen LogP contribution in [0, 0.1) is 0 Å². The van der Waals surface area contributed by atoms with E-state index in [1.807, 2.05) is 0 Å². The van der Waals surface area contributed by atoms with E-state index < -0.39 is 0 Å². The van der Waals surface area contributed by atoms with Gasteiger partial charge in [0, 0.05) is 10.0 Å². The molecule has 0 nitrogen and oxygen atoms in total. The van der Waals surface area contributed by atoms with Crippen molar-refractivity contribution in [3.8, 4) is 11.1 Å². The Labute approximate surface area is 136 Å². The van der Waals surface area contributed by atoms with Gasteiger partial charge in [-0.1, -0.05) is 71.3 Å². The fraction of sp³-hybridized carbons (Fsp3) is 0.300. The average Bonchev–Trinajstić information content (AvgIpc) is 2.86. The molecule has 0 saturated heterocycles. The number of aryl methyl sites for hydroxylation is 1. The third-order valence-corrected chi connectivity index (χ3v) is 4.90. The molecule has 1 aliphatic rings. The SMILES string of the molecule is CCCCc1ccccc1-c1c(Br)ccc2c1CC(C)=C2. The van der Waals surface area contributed by atoms with E-state index in [0.717, 1.165) is 12.8 Å². The maximum Gasteiger partial charge on any atom is 0.0257 e. The number of hydrogen-bond acceptors (Lipinski definition) is 0. The molecule has 0 bridgehead atoms. The second-order valence-electron chi connectivity index (χ2n) is 5.92. The second-order valence-corrected chi connectivity index (χ2v) is 6.77. The summed E-state index contributed by atoms with van der Waals surface area (Å²) in [5.41, 5.74) is 8.58. The minimum Gasteiger partial charge on any atom is -0.0683 e. The molecule has 0 saturated carbocycles. The quantitative estimate of drug-likeness (QED) is 0.602. The maximum absolute atomic E-state index is 3.79. The van der Waals surface area contributed by atoms with Gasteiger partial charge in [0.2, 0.25) is 0 Å². The monoisotopic (exact) mass is 340 g/mol. The zero-order chi connectivity index (χ0) is 14.8. The summed E-state index contributed by atoms with van der Waals surface area (Å²) in [7, 11) is 0. The van der Waals surface area contributed by atoms with Crippen LogP contribution < -0.4 is 0 Å². The van der Waals surface area contributed by atoms with Crippen LogP contribution in [0.15, 0.2) is 46.4 Å². The summed E-state index contributed by atoms with van der Waals surface area (Å²) in [6, 6.07) is 13.3. The minimum atomic E-state index is 1.08. The number of allylic oxidation sites excluding steroid dienone is 1. The molecular formula is C20H21Br. The Hall–Kier alpha value is -1.34. The third kappa shape index (κ3) is 2.85. The molecule has 21 heavy (non-hydrogen) atoms. The predicted molar refractivity (Wildman–Crippen MR) is 95.5 cm³/mol. The molecule has 0 spiro atoms. The van der Waals surface area contributed by atoms with Crippen LogP contribution in [-0.2, 0) is 12.8 Å². The zero-order valence-corrected chi connectivity index (χ0v) is 14.3. The van der Waals surface area contributed by atoms with E-state index in [2.05, 4.69) is 72.3 Å². The summed E-state index contributed by atoms with van der Waals surface area (Å²) in [4.78, 5) is 0. The molecule has 0 fully saturated rings. The smallest absolute Gasteiger partial charge is 0.0257 e. The van der Waals surface area contributed by atoms with E-state index in [-0.39, 0.29) is 0 Å². The van der Waals surface area contributed by atoms with E-state index in [4.69, 9.17) is 0 Å². The highest BCUT2D eigenvalue weighted by Crippen LogP contribution is 2.40. The number of halogens is 1. The highest BCUT2D eigenvalue weighted by molar-refractivity contribution is 9.10. The van der Waals surface area contributed by atoms with Gasteiger partial charge in [0.1, 0.15) is 0 Å². The molecule has 1 aliphatic carbocycles. The lowest BCUT2D eigenvalue weighted by molar-refractivity contribution is 0.796. The molecule has 2 aromatic rings. The molecule has 0 amide bonds. The number of benzene rings is 2. The molecule has 108 valence electrons. The molecule has 0 atom stereocenters. The van der Waals surface area contributed by atoms with Crippen molar-refractivity contribution in [1.29, 1.82) is 0 Å². The van der Waals surface area contributed by atoms with Crippen molar-refractivity contribution >= 4 is 22.0 Å². The molecule has 0 radical (unpaired) electrons. The Morgan fingerprint density at radius 3 is 2.71 bits per heavy atom. The Morgan fingerprint density at radius 1 is 1.10 bits per heavy atom. The fourth-order valence-electron chi connectivity index (χ4n) is 3.20. The fourth-order valence-corrected chi connectivity index (χ4v) is 3.78. The van der Waals surface area contributed by atoms with Crippen LogP contribution in [0.1, 0.15) is 43.4 Å². The first-order chi connectivity index (χ1) is 10.2. The van der Waals surface area contributed by atoms with Gasteiger partial charge in [0.25, 0.3) is 0 Å². The van der Waals surface area contributed by atoms with Crippen LogP contribution in [0.5, 0.6) is 0 Å². The Bertz CT molecular complexity index is 695. The van der Waals surface area contributed by atoms with E-state index in [0.29, 0.717) is 0 Å². The first-order valence-electron chi connectivity index (χ1n) is 7.77. The Kier molecular flexibility index (Phi) is 4.30. The molecule has 0 aromatic heterocycles. The van der Waals surface area contributed by atoms with E-state index in [9.17, 15) is 0 Å². The number of rotatable bonds is 4. The number of unbranched alkanes of at least 4 members (excludes halogenated alkanes) is 1. The van der Waals surface area contributed by atoms with Crippen molar-refractivity contribution in [2.24, 2.45) is 0 Å². The van der Waals surface area contributed by atoms with Crippen molar-refractivity contribution in [3.05, 3.63) is 63.1 Å². The average molecular weight is 341 g/mol. The first-order valence-corrected chi connectivity index (χ1v) is 8.57. The zero-order valence-electron chi connectivity index (χ0n) is 12.7. The van der Waals surface area contributed by atoms with E-state index in [1.165, 1.54) is 50.7 Å². The van der Waals surface area contributed by atoms with Gasteiger partial charge >= 0.3 is 0 Å². The standard InChI is InChI=1S/C20H21Br/c1-3-4-7-15-8-5-6-9-17(15)20-18-13-14(2)12-16(18)10-11-19(20)21/h5-6,8-12H,3-4,7,13H2,1-2H3. The maximum atomic E-state index is 3.79. The Balaban J connectivity index is 2.13. The van der Waals surface area contributed by atoms with Gasteiger partial charge in [-0.25, -0.2) is 0 Å². The molecular weight excluding hydrogens is 320 g/mol. The van der Waals surface area contributed by atoms with Crippen molar-refractivity contribution < 1.29 is 0 Å². The lowest BCUT2D eigenvalue weighted by Crippen LogP contribution is -1.96. The molecule has 2 aromatic carbocycles. The van der Waals surface area contributed by atoms with Gasteiger partial charge in [0.05, 0.1) is 0 Å². The summed E-state index contributed by atoms with van der Waals surface area (Å²) in [5.74, 6) is 0. The van der Waals surface area contributed by atoms with Crippen molar-refractivity contribution in [2.75, 3.05) is 0 Å². The highest BCUT2D eigenvalue weighted by atomic mass is 79.9. The third-order valence-electron chi connectivity index (χ3n) is 4.24. The molecule has 3 rings (SSSR count). The second kappa shape index (κ2) is 6.19. The van der Waals surface area contributed by atoms with Gasteiger partial charge in [-0.2, -0.15) is 0 Å². The lowest BCUT2D eigenvalue weighted by atomic mass is 9.91. The summed E-state index contributed by atoms with van der Waals surface area (Å²) >= 11 is 3.79. The van der Waals surface area contributed by atoms with Crippen LogP contribution in [0.25, 0.3) is 17.2 Å². The van der Waals surface area contributed by atoms with Gasteiger partial charge in [-0.3, -0.25) is 0 Å². The molecule has 1 heteroatoms. The predicted octanol–water partition coefficient (Wildman–Crippen LogP) is 6.42. The summed E-state index contributed by atoms with van der Waals surface area (Å²) in [5, 5.41) is 0. The molecule has 0 N–H and O–H groups in total. The van der Waals surface area contributed by atoms with Gasteiger partial charge < -0.3 is 0 Å². The van der Waals surface area contributed by atoms with Crippen molar-refractivity contribution in [3.63, 3.8) is 0 Å². The number of fused-ring (bicyclic) bond motifs is 1. The Morgan fingerprint density at radius 2 is 1.90 bits per heavy atom.